The fourth-order valence-electron chi connectivity index (χ4n) is 7.30. The summed E-state index contributed by atoms with van der Waals surface area (Å²) in [6, 6.07) is 63.2. The third-order valence-electron chi connectivity index (χ3n) is 9.66. The molecule has 0 aliphatic rings. The summed E-state index contributed by atoms with van der Waals surface area (Å²) >= 11 is 1.87. The van der Waals surface area contributed by atoms with Gasteiger partial charge in [0.2, 0.25) is 0 Å². The molecule has 10 aromatic rings. The van der Waals surface area contributed by atoms with Gasteiger partial charge in [0.25, 0.3) is 0 Å². The highest BCUT2D eigenvalue weighted by Gasteiger charge is 2.20. The van der Waals surface area contributed by atoms with Gasteiger partial charge in [0, 0.05) is 36.9 Å². The van der Waals surface area contributed by atoms with Crippen LogP contribution in [0.15, 0.2) is 180 Å². The first kappa shape index (κ1) is 27.9. The lowest BCUT2D eigenvalue weighted by atomic mass is 10.0. The van der Waals surface area contributed by atoms with E-state index in [0.29, 0.717) is 0 Å². The van der Waals surface area contributed by atoms with Crippen LogP contribution in [0.1, 0.15) is 0 Å². The molecule has 230 valence electrons. The van der Waals surface area contributed by atoms with Gasteiger partial charge in [0.05, 0.1) is 11.1 Å². The molecule has 0 aliphatic heterocycles. The number of hydrogen-bond donors (Lipinski definition) is 0. The van der Waals surface area contributed by atoms with Gasteiger partial charge in [-0.05, 0) is 87.6 Å². The van der Waals surface area contributed by atoms with E-state index in [1.807, 2.05) is 11.3 Å². The standard InChI is InChI=1S/C46H29NOS/c1-2-10-30(11-3-1)31-20-24-35(25-21-31)47(41-17-9-18-42-45(41)40-28-33-12-4-5-13-34(33)29-43(40)48-42)36-26-22-32(23-27-36)37-15-8-16-39-38-14-6-7-19-44(38)49-46(37)39/h1-29H. The minimum atomic E-state index is 0.877. The van der Waals surface area contributed by atoms with E-state index in [1.54, 1.807) is 0 Å². The highest BCUT2D eigenvalue weighted by molar-refractivity contribution is 7.26. The van der Waals surface area contributed by atoms with E-state index in [4.69, 9.17) is 4.42 Å². The van der Waals surface area contributed by atoms with Crippen LogP contribution in [0.4, 0.5) is 17.1 Å². The minimum Gasteiger partial charge on any atom is -0.456 e. The Hall–Kier alpha value is -6.16. The number of nitrogens with zero attached hydrogens (tertiary/aromatic N) is 1. The average Bonchev–Trinajstić information content (AvgIpc) is 3.73. The number of fused-ring (bicyclic) bond motifs is 7. The van der Waals surface area contributed by atoms with E-state index in [0.717, 1.165) is 39.0 Å². The lowest BCUT2D eigenvalue weighted by Crippen LogP contribution is -2.10. The average molecular weight is 644 g/mol. The Morgan fingerprint density at radius 3 is 1.86 bits per heavy atom. The highest BCUT2D eigenvalue weighted by atomic mass is 32.1. The van der Waals surface area contributed by atoms with Crippen molar-refractivity contribution >= 4 is 81.3 Å². The van der Waals surface area contributed by atoms with Gasteiger partial charge in [0.1, 0.15) is 11.2 Å². The quantitative estimate of drug-likeness (QED) is 0.186. The topological polar surface area (TPSA) is 16.4 Å². The fourth-order valence-corrected chi connectivity index (χ4v) is 8.54. The predicted octanol–water partition coefficient (Wildman–Crippen LogP) is 13.9. The van der Waals surface area contributed by atoms with Crippen LogP contribution >= 0.6 is 11.3 Å². The monoisotopic (exact) mass is 643 g/mol. The predicted molar refractivity (Wildman–Crippen MR) is 210 cm³/mol. The summed E-state index contributed by atoms with van der Waals surface area (Å²) in [6.45, 7) is 0. The van der Waals surface area contributed by atoms with E-state index < -0.39 is 0 Å². The number of benzene rings is 8. The van der Waals surface area contributed by atoms with Crippen molar-refractivity contribution < 1.29 is 4.42 Å². The van der Waals surface area contributed by atoms with Crippen LogP contribution in [-0.4, -0.2) is 0 Å². The lowest BCUT2D eigenvalue weighted by Gasteiger charge is -2.26. The summed E-state index contributed by atoms with van der Waals surface area (Å²) < 4.78 is 9.16. The first-order chi connectivity index (χ1) is 24.3. The second-order valence-corrected chi connectivity index (χ2v) is 13.6. The molecule has 3 heteroatoms. The summed E-state index contributed by atoms with van der Waals surface area (Å²) in [5.74, 6) is 0. The summed E-state index contributed by atoms with van der Waals surface area (Å²) in [7, 11) is 0. The molecule has 2 nitrogen and oxygen atoms in total. The second kappa shape index (κ2) is 11.2. The molecule has 0 saturated heterocycles. The maximum Gasteiger partial charge on any atom is 0.137 e. The van der Waals surface area contributed by atoms with E-state index in [9.17, 15) is 0 Å². The van der Waals surface area contributed by atoms with E-state index in [-0.39, 0.29) is 0 Å². The lowest BCUT2D eigenvalue weighted by molar-refractivity contribution is 0.669. The molecule has 0 saturated carbocycles. The molecule has 0 unspecified atom stereocenters. The van der Waals surface area contributed by atoms with Crippen molar-refractivity contribution in [1.29, 1.82) is 0 Å². The van der Waals surface area contributed by atoms with Crippen LogP contribution < -0.4 is 4.90 Å². The van der Waals surface area contributed by atoms with E-state index in [2.05, 4.69) is 181 Å². The fraction of sp³-hybridized carbons (Fsp3) is 0. The first-order valence-electron chi connectivity index (χ1n) is 16.6. The van der Waals surface area contributed by atoms with Gasteiger partial charge >= 0.3 is 0 Å². The Bertz CT molecular complexity index is 2810. The normalized spacial score (nSPS) is 11.7. The number of rotatable bonds is 5. The third kappa shape index (κ3) is 4.62. The van der Waals surface area contributed by atoms with Gasteiger partial charge in [-0.25, -0.2) is 0 Å². The van der Waals surface area contributed by atoms with Crippen molar-refractivity contribution in [3.8, 4) is 22.3 Å². The zero-order valence-corrected chi connectivity index (χ0v) is 27.3. The van der Waals surface area contributed by atoms with Gasteiger partial charge < -0.3 is 9.32 Å². The molecule has 10 rings (SSSR count). The van der Waals surface area contributed by atoms with Gasteiger partial charge in [0.15, 0.2) is 0 Å². The first-order valence-corrected chi connectivity index (χ1v) is 17.4. The smallest absolute Gasteiger partial charge is 0.137 e. The molecule has 8 aromatic carbocycles. The zero-order chi connectivity index (χ0) is 32.3. The number of anilines is 3. The molecule has 0 spiro atoms. The van der Waals surface area contributed by atoms with Crippen LogP contribution in [0.3, 0.4) is 0 Å². The third-order valence-corrected chi connectivity index (χ3v) is 10.9. The van der Waals surface area contributed by atoms with Crippen molar-refractivity contribution in [3.63, 3.8) is 0 Å². The van der Waals surface area contributed by atoms with Crippen molar-refractivity contribution in [3.05, 3.63) is 176 Å². The van der Waals surface area contributed by atoms with E-state index in [1.165, 1.54) is 53.2 Å². The SMILES string of the molecule is c1ccc(-c2ccc(N(c3ccc(-c4cccc5c4sc4ccccc45)cc3)c3cccc4oc5cc6ccccc6cc5c34)cc2)cc1. The largest absolute Gasteiger partial charge is 0.456 e. The number of hydrogen-bond acceptors (Lipinski definition) is 3. The molecule has 0 aliphatic carbocycles. The Kier molecular flexibility index (Phi) is 6.39. The summed E-state index contributed by atoms with van der Waals surface area (Å²) in [6.07, 6.45) is 0. The molecule has 0 radical (unpaired) electrons. The molecule has 0 N–H and O–H groups in total. The number of thiophene rings is 1. The van der Waals surface area contributed by atoms with Crippen molar-refractivity contribution in [1.82, 2.24) is 0 Å². The Balaban J connectivity index is 1.15. The van der Waals surface area contributed by atoms with Crippen molar-refractivity contribution in [2.45, 2.75) is 0 Å². The van der Waals surface area contributed by atoms with Crippen molar-refractivity contribution in [2.75, 3.05) is 4.90 Å². The van der Waals surface area contributed by atoms with Crippen LogP contribution in [0.25, 0.3) is 75.1 Å². The molecular weight excluding hydrogens is 615 g/mol. The van der Waals surface area contributed by atoms with Crippen LogP contribution in [0, 0.1) is 0 Å². The highest BCUT2D eigenvalue weighted by Crippen LogP contribution is 2.45. The molecule has 0 atom stereocenters. The molecule has 0 bridgehead atoms. The van der Waals surface area contributed by atoms with Gasteiger partial charge in [-0.2, -0.15) is 0 Å². The van der Waals surface area contributed by atoms with E-state index >= 15 is 0 Å². The molecular formula is C46H29NOS. The maximum atomic E-state index is 6.52. The van der Waals surface area contributed by atoms with Crippen LogP contribution in [-0.2, 0) is 0 Å². The molecule has 0 amide bonds. The Morgan fingerprint density at radius 2 is 1.06 bits per heavy atom. The van der Waals surface area contributed by atoms with Gasteiger partial charge in [-0.1, -0.05) is 121 Å². The van der Waals surface area contributed by atoms with Crippen LogP contribution in [0.5, 0.6) is 0 Å². The summed E-state index contributed by atoms with van der Waals surface area (Å²) in [4.78, 5) is 2.37. The second-order valence-electron chi connectivity index (χ2n) is 12.5. The van der Waals surface area contributed by atoms with Gasteiger partial charge in [-0.3, -0.25) is 0 Å². The Morgan fingerprint density at radius 1 is 0.429 bits per heavy atom. The summed E-state index contributed by atoms with van der Waals surface area (Å²) in [5.41, 5.74) is 9.89. The molecule has 2 heterocycles. The summed E-state index contributed by atoms with van der Waals surface area (Å²) in [5, 5.41) is 7.23. The minimum absolute atomic E-state index is 0.877. The zero-order valence-electron chi connectivity index (χ0n) is 26.5. The molecule has 49 heavy (non-hydrogen) atoms. The maximum absolute atomic E-state index is 6.52. The molecule has 2 aromatic heterocycles. The Labute approximate surface area is 287 Å². The van der Waals surface area contributed by atoms with Gasteiger partial charge in [-0.15, -0.1) is 11.3 Å². The van der Waals surface area contributed by atoms with Crippen molar-refractivity contribution in [2.24, 2.45) is 0 Å². The number of furan rings is 1. The van der Waals surface area contributed by atoms with Crippen LogP contribution in [0.2, 0.25) is 0 Å². The molecule has 0 fully saturated rings.